The summed E-state index contributed by atoms with van der Waals surface area (Å²) in [6, 6.07) is 10.5. The van der Waals surface area contributed by atoms with Crippen molar-refractivity contribution in [1.82, 2.24) is 5.32 Å². The van der Waals surface area contributed by atoms with Gasteiger partial charge in [-0.15, -0.1) is 0 Å². The number of carbonyl (C=O) groups is 2. The van der Waals surface area contributed by atoms with Gasteiger partial charge in [0.1, 0.15) is 0 Å². The first kappa shape index (κ1) is 15.8. The van der Waals surface area contributed by atoms with Crippen LogP contribution in [-0.4, -0.2) is 18.9 Å². The molecule has 0 bridgehead atoms. The summed E-state index contributed by atoms with van der Waals surface area (Å²) in [4.78, 5) is 25.5. The van der Waals surface area contributed by atoms with Crippen molar-refractivity contribution in [2.75, 3.05) is 11.9 Å². The number of nitrogens with one attached hydrogen (secondary N) is 1. The summed E-state index contributed by atoms with van der Waals surface area (Å²) in [7, 11) is 1.76. The van der Waals surface area contributed by atoms with Crippen LogP contribution in [-0.2, 0) is 17.8 Å². The predicted molar refractivity (Wildman–Crippen MR) is 91.2 cm³/mol. The molecule has 0 saturated heterocycles. The van der Waals surface area contributed by atoms with Crippen LogP contribution in [0.5, 0.6) is 0 Å². The zero-order chi connectivity index (χ0) is 16.6. The molecule has 0 fully saturated rings. The van der Waals surface area contributed by atoms with Gasteiger partial charge in [0.2, 0.25) is 5.91 Å². The number of nitrogens with zero attached hydrogens (tertiary/aromatic N) is 1. The Balaban J connectivity index is 1.69. The minimum atomic E-state index is -0.225. The Morgan fingerprint density at radius 3 is 2.70 bits per heavy atom. The molecule has 2 aromatic carbocycles. The van der Waals surface area contributed by atoms with Gasteiger partial charge in [-0.25, -0.2) is 0 Å². The summed E-state index contributed by atoms with van der Waals surface area (Å²) in [5.41, 5.74) is 3.31. The average Bonchev–Trinajstić information content (AvgIpc) is 2.82. The van der Waals surface area contributed by atoms with E-state index in [0.717, 1.165) is 16.8 Å². The van der Waals surface area contributed by atoms with E-state index in [-0.39, 0.29) is 11.8 Å². The van der Waals surface area contributed by atoms with Crippen molar-refractivity contribution >= 4 is 40.7 Å². The van der Waals surface area contributed by atoms with Crippen LogP contribution in [0.1, 0.15) is 21.5 Å². The Hall–Kier alpha value is -2.04. The van der Waals surface area contributed by atoms with Crippen molar-refractivity contribution in [2.45, 2.75) is 13.0 Å². The molecule has 0 aliphatic carbocycles. The lowest BCUT2D eigenvalue weighted by Crippen LogP contribution is -2.22. The average molecular weight is 349 g/mol. The first-order valence-corrected chi connectivity index (χ1v) is 7.83. The molecule has 1 N–H and O–H groups in total. The minimum Gasteiger partial charge on any atom is -0.348 e. The number of carbonyl (C=O) groups excluding carboxylic acids is 2. The highest BCUT2D eigenvalue weighted by molar-refractivity contribution is 6.42. The standard InChI is InChI=1S/C17H14Cl2N2O2/c1-21-15-5-2-10(6-12(15)8-16(21)22)9-20-17(23)11-3-4-13(18)14(19)7-11/h2-7H,8-9H2,1H3,(H,20,23). The fourth-order valence-corrected chi connectivity index (χ4v) is 2.85. The molecule has 2 aromatic rings. The van der Waals surface area contributed by atoms with E-state index in [0.29, 0.717) is 28.6 Å². The molecule has 0 spiro atoms. The SMILES string of the molecule is CN1C(=O)Cc2cc(CNC(=O)c3ccc(Cl)c(Cl)c3)ccc21. The van der Waals surface area contributed by atoms with Crippen LogP contribution in [0.15, 0.2) is 36.4 Å². The molecule has 1 heterocycles. The quantitative estimate of drug-likeness (QED) is 0.923. The van der Waals surface area contributed by atoms with Crippen molar-refractivity contribution in [3.63, 3.8) is 0 Å². The van der Waals surface area contributed by atoms with Crippen molar-refractivity contribution < 1.29 is 9.59 Å². The van der Waals surface area contributed by atoms with Crippen molar-refractivity contribution in [3.05, 3.63) is 63.1 Å². The maximum Gasteiger partial charge on any atom is 0.251 e. The van der Waals surface area contributed by atoms with E-state index in [9.17, 15) is 9.59 Å². The van der Waals surface area contributed by atoms with Gasteiger partial charge in [-0.2, -0.15) is 0 Å². The Morgan fingerprint density at radius 1 is 1.17 bits per heavy atom. The molecule has 1 aliphatic rings. The number of rotatable bonds is 3. The molecular weight excluding hydrogens is 335 g/mol. The summed E-state index contributed by atoms with van der Waals surface area (Å²) in [5, 5.41) is 3.59. The summed E-state index contributed by atoms with van der Waals surface area (Å²) in [6.45, 7) is 0.379. The maximum absolute atomic E-state index is 12.1. The van der Waals surface area contributed by atoms with Gasteiger partial charge in [-0.1, -0.05) is 35.3 Å². The first-order valence-electron chi connectivity index (χ1n) is 7.07. The Morgan fingerprint density at radius 2 is 1.96 bits per heavy atom. The van der Waals surface area contributed by atoms with Crippen LogP contribution in [0.2, 0.25) is 10.0 Å². The molecule has 0 radical (unpaired) electrons. The van der Waals surface area contributed by atoms with Crippen LogP contribution in [0.3, 0.4) is 0 Å². The zero-order valence-corrected chi connectivity index (χ0v) is 13.9. The monoisotopic (exact) mass is 348 g/mol. The lowest BCUT2D eigenvalue weighted by Gasteiger charge is -2.11. The van der Waals surface area contributed by atoms with Gasteiger partial charge in [0.25, 0.3) is 5.91 Å². The number of anilines is 1. The molecule has 23 heavy (non-hydrogen) atoms. The van der Waals surface area contributed by atoms with E-state index >= 15 is 0 Å². The molecule has 0 atom stereocenters. The fraction of sp³-hybridized carbons (Fsp3) is 0.176. The predicted octanol–water partition coefficient (Wildman–Crippen LogP) is 3.44. The summed E-state index contributed by atoms with van der Waals surface area (Å²) in [6.07, 6.45) is 0.403. The van der Waals surface area contributed by atoms with E-state index < -0.39 is 0 Å². The topological polar surface area (TPSA) is 49.4 Å². The molecule has 0 saturated carbocycles. The second-order valence-electron chi connectivity index (χ2n) is 5.40. The van der Waals surface area contributed by atoms with Crippen molar-refractivity contribution in [1.29, 1.82) is 0 Å². The van der Waals surface area contributed by atoms with E-state index in [2.05, 4.69) is 5.32 Å². The second-order valence-corrected chi connectivity index (χ2v) is 6.22. The van der Waals surface area contributed by atoms with Crippen molar-refractivity contribution in [2.24, 2.45) is 0 Å². The van der Waals surface area contributed by atoms with Crippen LogP contribution >= 0.6 is 23.2 Å². The van der Waals surface area contributed by atoms with Crippen LogP contribution in [0, 0.1) is 0 Å². The molecular formula is C17H14Cl2N2O2. The fourth-order valence-electron chi connectivity index (χ4n) is 2.56. The number of hydrogen-bond acceptors (Lipinski definition) is 2. The van der Waals surface area contributed by atoms with Gasteiger partial charge in [0.05, 0.1) is 16.5 Å². The van der Waals surface area contributed by atoms with E-state index in [1.165, 1.54) is 6.07 Å². The van der Waals surface area contributed by atoms with Crippen molar-refractivity contribution in [3.8, 4) is 0 Å². The third-order valence-corrected chi connectivity index (χ3v) is 4.59. The molecule has 1 aliphatic heterocycles. The number of fused-ring (bicyclic) bond motifs is 1. The van der Waals surface area contributed by atoms with Gasteiger partial charge >= 0.3 is 0 Å². The number of likely N-dealkylation sites (N-methyl/N-ethyl adjacent to an activating group) is 1. The van der Waals surface area contributed by atoms with Crippen LogP contribution < -0.4 is 10.2 Å². The van der Waals surface area contributed by atoms with Gasteiger partial charge < -0.3 is 10.2 Å². The van der Waals surface area contributed by atoms with Crippen LogP contribution in [0.4, 0.5) is 5.69 Å². The third kappa shape index (κ3) is 3.19. The van der Waals surface area contributed by atoms with E-state index in [1.54, 1.807) is 24.1 Å². The Labute approximate surface area is 144 Å². The first-order chi connectivity index (χ1) is 11.0. The number of amides is 2. The Bertz CT molecular complexity index is 805. The minimum absolute atomic E-state index is 0.0805. The molecule has 3 rings (SSSR count). The summed E-state index contributed by atoms with van der Waals surface area (Å²) in [5.74, 6) is -0.144. The highest BCUT2D eigenvalue weighted by Crippen LogP contribution is 2.28. The smallest absolute Gasteiger partial charge is 0.251 e. The number of halogens is 2. The highest BCUT2D eigenvalue weighted by atomic mass is 35.5. The van der Waals surface area contributed by atoms with Crippen LogP contribution in [0.25, 0.3) is 0 Å². The van der Waals surface area contributed by atoms with E-state index in [1.807, 2.05) is 18.2 Å². The molecule has 6 heteroatoms. The largest absolute Gasteiger partial charge is 0.348 e. The van der Waals surface area contributed by atoms with Gasteiger partial charge in [-0.3, -0.25) is 9.59 Å². The van der Waals surface area contributed by atoms with Gasteiger partial charge in [0, 0.05) is 24.8 Å². The summed E-state index contributed by atoms with van der Waals surface area (Å²) >= 11 is 11.8. The third-order valence-electron chi connectivity index (χ3n) is 3.86. The molecule has 0 unspecified atom stereocenters. The maximum atomic E-state index is 12.1. The molecule has 2 amide bonds. The number of hydrogen-bond donors (Lipinski definition) is 1. The number of benzene rings is 2. The lowest BCUT2D eigenvalue weighted by atomic mass is 10.1. The zero-order valence-electron chi connectivity index (χ0n) is 12.4. The molecule has 4 nitrogen and oxygen atoms in total. The molecule has 0 aromatic heterocycles. The Kier molecular flexibility index (Phi) is 4.28. The highest BCUT2D eigenvalue weighted by Gasteiger charge is 2.23. The lowest BCUT2D eigenvalue weighted by molar-refractivity contribution is -0.117. The normalized spacial score (nSPS) is 13.2. The second kappa shape index (κ2) is 6.22. The molecule has 118 valence electrons. The van der Waals surface area contributed by atoms with Gasteiger partial charge in [0.15, 0.2) is 0 Å². The van der Waals surface area contributed by atoms with Gasteiger partial charge in [-0.05, 0) is 35.4 Å². The summed E-state index contributed by atoms with van der Waals surface area (Å²) < 4.78 is 0. The van der Waals surface area contributed by atoms with E-state index in [4.69, 9.17) is 23.2 Å².